The van der Waals surface area contributed by atoms with Crippen molar-refractivity contribution in [3.8, 4) is 0 Å². The highest BCUT2D eigenvalue weighted by molar-refractivity contribution is 14.0. The van der Waals surface area contributed by atoms with Crippen LogP contribution in [0.25, 0.3) is 0 Å². The number of furan rings is 1. The molecule has 1 rings (SSSR count). The minimum atomic E-state index is -1.18. The topological polar surface area (TPSA) is 99.3 Å². The number of aliphatic imine (C=N–C) groups is 1. The number of carbonyl (C=O) groups is 1. The molecule has 1 atom stereocenters. The van der Waals surface area contributed by atoms with Gasteiger partial charge in [0.25, 0.3) is 0 Å². The fourth-order valence-corrected chi connectivity index (χ4v) is 2.57. The largest absolute Gasteiger partial charge is 0.466 e. The summed E-state index contributed by atoms with van der Waals surface area (Å²) in [5, 5.41) is 16.9. The third-order valence-corrected chi connectivity index (χ3v) is 4.06. The van der Waals surface area contributed by atoms with Crippen LogP contribution in [0.1, 0.15) is 60.6 Å². The number of hydrogen-bond donors (Lipinski definition) is 3. The Hall–Kier alpha value is -1.49. The number of guanidine groups is 1. The van der Waals surface area contributed by atoms with Crippen LogP contribution in [0.4, 0.5) is 4.79 Å². The molecule has 1 aromatic heterocycles. The number of ether oxygens (including phenoxy) is 1. The van der Waals surface area contributed by atoms with Crippen LogP contribution in [0, 0.1) is 0 Å². The van der Waals surface area contributed by atoms with Gasteiger partial charge in [0, 0.05) is 25.7 Å². The Morgan fingerprint density at radius 3 is 2.47 bits per heavy atom. The standard InChI is InChI=1S/C21H38N4O4.HI/c1-8-22-18(24-15-21(7,27)17-11-9-14-28-17)23-12-10-13-25(16(2)3)19(26)29-20(4,5)6;/h9,11,14,16,27H,8,10,12-13,15H2,1-7H3,(H2,22,23,24);1H. The molecule has 0 aliphatic heterocycles. The molecule has 0 aromatic carbocycles. The first kappa shape index (κ1) is 28.5. The van der Waals surface area contributed by atoms with Gasteiger partial charge < -0.3 is 29.8 Å². The summed E-state index contributed by atoms with van der Waals surface area (Å²) in [6.07, 6.45) is 1.96. The van der Waals surface area contributed by atoms with Gasteiger partial charge in [0.2, 0.25) is 0 Å². The Kier molecular flexibility index (Phi) is 12.4. The number of nitrogens with one attached hydrogen (secondary N) is 2. The zero-order chi connectivity index (χ0) is 22.1. The summed E-state index contributed by atoms with van der Waals surface area (Å²) in [4.78, 5) is 18.5. The lowest BCUT2D eigenvalue weighted by atomic mass is 10.0. The van der Waals surface area contributed by atoms with E-state index < -0.39 is 11.2 Å². The van der Waals surface area contributed by atoms with Crippen molar-refractivity contribution >= 4 is 36.0 Å². The summed E-state index contributed by atoms with van der Waals surface area (Å²) in [5.41, 5.74) is -1.70. The smallest absolute Gasteiger partial charge is 0.410 e. The van der Waals surface area contributed by atoms with Gasteiger partial charge in [-0.2, -0.15) is 0 Å². The fourth-order valence-electron chi connectivity index (χ4n) is 2.57. The van der Waals surface area contributed by atoms with Crippen molar-refractivity contribution in [3.05, 3.63) is 24.2 Å². The average molecular weight is 538 g/mol. The van der Waals surface area contributed by atoms with Crippen molar-refractivity contribution in [1.82, 2.24) is 15.5 Å². The molecule has 8 nitrogen and oxygen atoms in total. The normalized spacial score (nSPS) is 14.0. The van der Waals surface area contributed by atoms with Gasteiger partial charge in [0.1, 0.15) is 17.0 Å². The average Bonchev–Trinajstić information content (AvgIpc) is 3.13. The Labute approximate surface area is 197 Å². The molecular formula is C21H39IN4O4. The SMILES string of the molecule is CCNC(=NCC(C)(O)c1ccco1)NCCCN(C(=O)OC(C)(C)C)C(C)C.I. The molecule has 0 spiro atoms. The molecular weight excluding hydrogens is 499 g/mol. The first-order valence-electron chi connectivity index (χ1n) is 10.2. The Morgan fingerprint density at radius 1 is 1.30 bits per heavy atom. The Morgan fingerprint density at radius 2 is 1.97 bits per heavy atom. The second-order valence-electron chi connectivity index (χ2n) is 8.49. The lowest BCUT2D eigenvalue weighted by Crippen LogP contribution is -2.43. The van der Waals surface area contributed by atoms with E-state index in [0.29, 0.717) is 31.4 Å². The molecule has 1 heterocycles. The molecule has 9 heteroatoms. The molecule has 0 bridgehead atoms. The van der Waals surface area contributed by atoms with Gasteiger partial charge in [-0.15, -0.1) is 24.0 Å². The molecule has 0 saturated carbocycles. The Balaban J connectivity index is 0.00000841. The third-order valence-electron chi connectivity index (χ3n) is 4.06. The van der Waals surface area contributed by atoms with Gasteiger partial charge in [-0.25, -0.2) is 9.79 Å². The maximum atomic E-state index is 12.4. The summed E-state index contributed by atoms with van der Waals surface area (Å²) in [7, 11) is 0. The van der Waals surface area contributed by atoms with Crippen LogP contribution in [-0.4, -0.2) is 59.9 Å². The van der Waals surface area contributed by atoms with Crippen molar-refractivity contribution in [2.24, 2.45) is 4.99 Å². The van der Waals surface area contributed by atoms with Gasteiger partial charge in [0.15, 0.2) is 5.96 Å². The molecule has 174 valence electrons. The maximum absolute atomic E-state index is 12.4. The van der Waals surface area contributed by atoms with Crippen molar-refractivity contribution in [2.45, 2.75) is 72.1 Å². The predicted molar refractivity (Wildman–Crippen MR) is 130 cm³/mol. The van der Waals surface area contributed by atoms with E-state index >= 15 is 0 Å². The molecule has 0 aliphatic rings. The monoisotopic (exact) mass is 538 g/mol. The molecule has 0 radical (unpaired) electrons. The minimum absolute atomic E-state index is 0. The highest BCUT2D eigenvalue weighted by Crippen LogP contribution is 2.21. The summed E-state index contributed by atoms with van der Waals surface area (Å²) in [5.74, 6) is 1.08. The Bertz CT molecular complexity index is 640. The number of aliphatic hydroxyl groups is 1. The van der Waals surface area contributed by atoms with Crippen molar-refractivity contribution in [1.29, 1.82) is 0 Å². The van der Waals surface area contributed by atoms with E-state index in [1.165, 1.54) is 6.26 Å². The van der Waals surface area contributed by atoms with E-state index in [9.17, 15) is 9.90 Å². The summed E-state index contributed by atoms with van der Waals surface area (Å²) >= 11 is 0. The quantitative estimate of drug-likeness (QED) is 0.192. The van der Waals surface area contributed by atoms with Crippen LogP contribution in [-0.2, 0) is 10.3 Å². The third kappa shape index (κ3) is 10.5. The van der Waals surface area contributed by atoms with Gasteiger partial charge in [-0.05, 0) is 67.0 Å². The highest BCUT2D eigenvalue weighted by Gasteiger charge is 2.26. The second-order valence-corrected chi connectivity index (χ2v) is 8.49. The molecule has 3 N–H and O–H groups in total. The maximum Gasteiger partial charge on any atom is 0.410 e. The van der Waals surface area contributed by atoms with E-state index in [2.05, 4.69) is 15.6 Å². The van der Waals surface area contributed by atoms with Gasteiger partial charge >= 0.3 is 6.09 Å². The molecule has 1 unspecified atom stereocenters. The number of carbonyl (C=O) groups excluding carboxylic acids is 1. The summed E-state index contributed by atoms with van der Waals surface area (Å²) in [6, 6.07) is 3.52. The van der Waals surface area contributed by atoms with E-state index in [-0.39, 0.29) is 42.7 Å². The molecule has 1 amide bonds. The number of nitrogens with zero attached hydrogens (tertiary/aromatic N) is 2. The fraction of sp³-hybridized carbons (Fsp3) is 0.714. The lowest BCUT2D eigenvalue weighted by Gasteiger charge is -2.30. The lowest BCUT2D eigenvalue weighted by molar-refractivity contribution is 0.0189. The van der Waals surface area contributed by atoms with E-state index in [0.717, 1.165) is 6.42 Å². The number of amides is 1. The first-order chi connectivity index (χ1) is 13.5. The highest BCUT2D eigenvalue weighted by atomic mass is 127. The van der Waals surface area contributed by atoms with Crippen molar-refractivity contribution < 1.29 is 19.1 Å². The minimum Gasteiger partial charge on any atom is -0.466 e. The van der Waals surface area contributed by atoms with E-state index in [1.807, 2.05) is 41.5 Å². The van der Waals surface area contributed by atoms with Crippen LogP contribution in [0.3, 0.4) is 0 Å². The van der Waals surface area contributed by atoms with Gasteiger partial charge in [-0.1, -0.05) is 0 Å². The summed E-state index contributed by atoms with van der Waals surface area (Å²) in [6.45, 7) is 15.2. The second kappa shape index (κ2) is 13.0. The van der Waals surface area contributed by atoms with Crippen LogP contribution >= 0.6 is 24.0 Å². The predicted octanol–water partition coefficient (Wildman–Crippen LogP) is 3.70. The molecule has 30 heavy (non-hydrogen) atoms. The molecule has 0 saturated heterocycles. The molecule has 0 aliphatic carbocycles. The van der Waals surface area contributed by atoms with E-state index in [1.54, 1.807) is 24.0 Å². The van der Waals surface area contributed by atoms with Crippen molar-refractivity contribution in [3.63, 3.8) is 0 Å². The van der Waals surface area contributed by atoms with Crippen LogP contribution in [0.15, 0.2) is 27.8 Å². The summed E-state index contributed by atoms with van der Waals surface area (Å²) < 4.78 is 10.8. The molecule has 1 aromatic rings. The first-order valence-corrected chi connectivity index (χ1v) is 10.2. The zero-order valence-corrected chi connectivity index (χ0v) is 21.6. The van der Waals surface area contributed by atoms with Crippen LogP contribution in [0.2, 0.25) is 0 Å². The number of hydrogen-bond acceptors (Lipinski definition) is 5. The molecule has 0 fully saturated rings. The number of rotatable bonds is 9. The van der Waals surface area contributed by atoms with Crippen LogP contribution in [0.5, 0.6) is 0 Å². The van der Waals surface area contributed by atoms with Gasteiger partial charge in [-0.3, -0.25) is 0 Å². The number of halogens is 1. The van der Waals surface area contributed by atoms with Gasteiger partial charge in [0.05, 0.1) is 12.8 Å². The van der Waals surface area contributed by atoms with Crippen molar-refractivity contribution in [2.75, 3.05) is 26.2 Å². The van der Waals surface area contributed by atoms with Crippen LogP contribution < -0.4 is 10.6 Å². The zero-order valence-electron chi connectivity index (χ0n) is 19.3. The van der Waals surface area contributed by atoms with E-state index in [4.69, 9.17) is 9.15 Å².